The fourth-order valence-corrected chi connectivity index (χ4v) is 2.53. The monoisotopic (exact) mass is 292 g/mol. The molecule has 1 aromatic rings. The number of aliphatic carboxylic acids is 1. The molecular weight excluding hydrogens is 272 g/mol. The van der Waals surface area contributed by atoms with Crippen molar-refractivity contribution in [1.29, 1.82) is 0 Å². The largest absolute Gasteiger partial charge is 0.480 e. The van der Waals surface area contributed by atoms with Crippen LogP contribution in [0, 0.1) is 0 Å². The second-order valence-electron chi connectivity index (χ2n) is 5.09. The summed E-state index contributed by atoms with van der Waals surface area (Å²) in [4.78, 5) is 33.6. The number of rotatable bonds is 6. The second kappa shape index (κ2) is 7.01. The van der Waals surface area contributed by atoms with Crippen LogP contribution in [0.3, 0.4) is 0 Å². The molecule has 2 heterocycles. The van der Waals surface area contributed by atoms with Gasteiger partial charge >= 0.3 is 5.97 Å². The van der Waals surface area contributed by atoms with Gasteiger partial charge in [-0.2, -0.15) is 0 Å². The Morgan fingerprint density at radius 2 is 2.19 bits per heavy atom. The lowest BCUT2D eigenvalue weighted by Crippen LogP contribution is -2.49. The Hall–Kier alpha value is -2.18. The molecule has 0 spiro atoms. The van der Waals surface area contributed by atoms with Crippen molar-refractivity contribution in [3.8, 4) is 0 Å². The van der Waals surface area contributed by atoms with E-state index < -0.39 is 18.1 Å². The van der Waals surface area contributed by atoms with Crippen molar-refractivity contribution >= 4 is 17.8 Å². The van der Waals surface area contributed by atoms with Crippen LogP contribution in [0.15, 0.2) is 18.5 Å². The summed E-state index contributed by atoms with van der Waals surface area (Å²) in [6.45, 7) is 2.59. The highest BCUT2D eigenvalue weighted by molar-refractivity contribution is 5.89. The number of carbonyl (C=O) groups excluding carboxylic acids is 1. The number of carbonyl (C=O) groups is 2. The molecule has 2 N–H and O–H groups in total. The summed E-state index contributed by atoms with van der Waals surface area (Å²) in [7, 11) is 0. The van der Waals surface area contributed by atoms with Crippen molar-refractivity contribution in [3.63, 3.8) is 0 Å². The molecule has 0 saturated carbocycles. The molecule has 2 atom stereocenters. The molecule has 2 rings (SSSR count). The third-order valence-corrected chi connectivity index (χ3v) is 3.56. The fourth-order valence-electron chi connectivity index (χ4n) is 2.53. The van der Waals surface area contributed by atoms with Gasteiger partial charge in [0, 0.05) is 18.9 Å². The van der Waals surface area contributed by atoms with Gasteiger partial charge in [0.15, 0.2) is 0 Å². The van der Waals surface area contributed by atoms with E-state index in [2.05, 4.69) is 15.3 Å². The van der Waals surface area contributed by atoms with Crippen LogP contribution in [0.1, 0.15) is 32.6 Å². The van der Waals surface area contributed by atoms with Crippen LogP contribution in [0.2, 0.25) is 0 Å². The molecule has 0 aliphatic carbocycles. The smallest absolute Gasteiger partial charge is 0.326 e. The van der Waals surface area contributed by atoms with Crippen LogP contribution in [0.25, 0.3) is 0 Å². The second-order valence-corrected chi connectivity index (χ2v) is 5.09. The zero-order valence-corrected chi connectivity index (χ0v) is 12.0. The quantitative estimate of drug-likeness (QED) is 0.805. The number of nitrogens with one attached hydrogen (secondary N) is 1. The molecule has 1 aliphatic heterocycles. The minimum atomic E-state index is -0.995. The van der Waals surface area contributed by atoms with Crippen molar-refractivity contribution in [1.82, 2.24) is 15.3 Å². The van der Waals surface area contributed by atoms with Crippen LogP contribution in [0.5, 0.6) is 0 Å². The Labute approximate surface area is 123 Å². The van der Waals surface area contributed by atoms with Gasteiger partial charge in [-0.15, -0.1) is 0 Å². The van der Waals surface area contributed by atoms with Crippen molar-refractivity contribution in [2.45, 2.75) is 44.7 Å². The molecule has 0 radical (unpaired) electrons. The van der Waals surface area contributed by atoms with Gasteiger partial charge in [0.1, 0.15) is 12.1 Å². The summed E-state index contributed by atoms with van der Waals surface area (Å²) >= 11 is 0. The number of carboxylic acid groups (broad SMARTS) is 1. The average Bonchev–Trinajstić information content (AvgIpc) is 2.97. The maximum atomic E-state index is 12.3. The predicted molar refractivity (Wildman–Crippen MR) is 76.9 cm³/mol. The van der Waals surface area contributed by atoms with Gasteiger partial charge < -0.3 is 15.3 Å². The molecule has 1 aromatic heterocycles. The van der Waals surface area contributed by atoms with Crippen molar-refractivity contribution in [2.24, 2.45) is 0 Å². The Morgan fingerprint density at radius 3 is 2.81 bits per heavy atom. The van der Waals surface area contributed by atoms with Crippen molar-refractivity contribution < 1.29 is 14.7 Å². The number of aromatic nitrogens is 2. The molecular formula is C14H20N4O3. The molecule has 1 saturated heterocycles. The van der Waals surface area contributed by atoms with Gasteiger partial charge in [-0.25, -0.2) is 14.8 Å². The maximum absolute atomic E-state index is 12.3. The van der Waals surface area contributed by atoms with E-state index in [4.69, 9.17) is 5.11 Å². The number of hydrogen-bond acceptors (Lipinski definition) is 5. The van der Waals surface area contributed by atoms with Crippen LogP contribution >= 0.6 is 0 Å². The number of carboxylic acids is 1. The summed E-state index contributed by atoms with van der Waals surface area (Å²) in [5, 5.41) is 11.7. The minimum absolute atomic E-state index is 0.263. The summed E-state index contributed by atoms with van der Waals surface area (Å²) in [5.74, 6) is -0.746. The normalized spacial score (nSPS) is 19.3. The summed E-state index contributed by atoms with van der Waals surface area (Å²) in [5.41, 5.74) is 0. The lowest BCUT2D eigenvalue weighted by atomic mass is 10.1. The van der Waals surface area contributed by atoms with E-state index in [-0.39, 0.29) is 5.91 Å². The lowest BCUT2D eigenvalue weighted by molar-refractivity contribution is -0.142. The first kappa shape index (κ1) is 15.2. The first-order chi connectivity index (χ1) is 10.1. The van der Waals surface area contributed by atoms with Gasteiger partial charge in [0.05, 0.1) is 0 Å². The summed E-state index contributed by atoms with van der Waals surface area (Å²) < 4.78 is 0. The van der Waals surface area contributed by atoms with Gasteiger partial charge in [0.25, 0.3) is 0 Å². The number of nitrogens with zero attached hydrogens (tertiary/aromatic N) is 3. The number of anilines is 1. The van der Waals surface area contributed by atoms with Crippen LogP contribution < -0.4 is 10.2 Å². The molecule has 0 aromatic carbocycles. The fraction of sp³-hybridized carbons (Fsp3) is 0.571. The number of amides is 1. The maximum Gasteiger partial charge on any atom is 0.326 e. The van der Waals surface area contributed by atoms with E-state index in [0.717, 1.165) is 6.42 Å². The molecule has 7 heteroatoms. The molecule has 2 unspecified atom stereocenters. The van der Waals surface area contributed by atoms with E-state index in [1.807, 2.05) is 11.8 Å². The Balaban J connectivity index is 2.05. The van der Waals surface area contributed by atoms with Gasteiger partial charge in [0.2, 0.25) is 11.9 Å². The molecule has 114 valence electrons. The van der Waals surface area contributed by atoms with Gasteiger partial charge in [-0.3, -0.25) is 4.79 Å². The zero-order valence-electron chi connectivity index (χ0n) is 12.0. The van der Waals surface area contributed by atoms with Crippen LogP contribution in [-0.4, -0.2) is 45.6 Å². The molecule has 1 amide bonds. The lowest BCUT2D eigenvalue weighted by Gasteiger charge is -2.25. The highest BCUT2D eigenvalue weighted by atomic mass is 16.4. The third-order valence-electron chi connectivity index (χ3n) is 3.56. The minimum Gasteiger partial charge on any atom is -0.480 e. The molecule has 1 fully saturated rings. The van der Waals surface area contributed by atoms with E-state index in [0.29, 0.717) is 31.8 Å². The van der Waals surface area contributed by atoms with Gasteiger partial charge in [-0.05, 0) is 25.3 Å². The van der Waals surface area contributed by atoms with Crippen LogP contribution in [0.4, 0.5) is 5.95 Å². The standard InChI is InChI=1S/C14H20N4O3/c1-2-5-10(13(20)21)17-12(19)11-6-3-9-18(11)14-15-7-4-8-16-14/h4,7-8,10-11H,2-3,5-6,9H2,1H3,(H,17,19)(H,20,21). The highest BCUT2D eigenvalue weighted by Gasteiger charge is 2.34. The predicted octanol–water partition coefficient (Wildman–Crippen LogP) is 0.815. The van der Waals surface area contributed by atoms with Gasteiger partial charge in [-0.1, -0.05) is 13.3 Å². The topological polar surface area (TPSA) is 95.4 Å². The van der Waals surface area contributed by atoms with E-state index in [1.165, 1.54) is 0 Å². The number of hydrogen-bond donors (Lipinski definition) is 2. The van der Waals surface area contributed by atoms with E-state index in [1.54, 1.807) is 18.5 Å². The Kier molecular flexibility index (Phi) is 5.08. The molecule has 1 aliphatic rings. The van der Waals surface area contributed by atoms with Crippen LogP contribution in [-0.2, 0) is 9.59 Å². The Morgan fingerprint density at radius 1 is 1.48 bits per heavy atom. The summed E-state index contributed by atoms with van der Waals surface area (Å²) in [6, 6.07) is 0.490. The average molecular weight is 292 g/mol. The highest BCUT2D eigenvalue weighted by Crippen LogP contribution is 2.22. The SMILES string of the molecule is CCCC(NC(=O)C1CCCN1c1ncccn1)C(=O)O. The Bertz CT molecular complexity index is 494. The molecule has 7 nitrogen and oxygen atoms in total. The van der Waals surface area contributed by atoms with E-state index in [9.17, 15) is 9.59 Å². The zero-order chi connectivity index (χ0) is 15.2. The van der Waals surface area contributed by atoms with Crippen molar-refractivity contribution in [3.05, 3.63) is 18.5 Å². The molecule has 21 heavy (non-hydrogen) atoms. The first-order valence-corrected chi connectivity index (χ1v) is 7.20. The summed E-state index contributed by atoms with van der Waals surface area (Å²) in [6.07, 6.45) is 5.94. The first-order valence-electron chi connectivity index (χ1n) is 7.20. The third kappa shape index (κ3) is 3.68. The van der Waals surface area contributed by atoms with E-state index >= 15 is 0 Å². The molecule has 0 bridgehead atoms. The van der Waals surface area contributed by atoms with Crippen molar-refractivity contribution in [2.75, 3.05) is 11.4 Å².